The van der Waals surface area contributed by atoms with Gasteiger partial charge in [-0.25, -0.2) is 8.42 Å². The molecule has 0 aromatic carbocycles. The molecule has 0 amide bonds. The number of hydrogen-bond donors (Lipinski definition) is 0. The van der Waals surface area contributed by atoms with Crippen molar-refractivity contribution >= 4 is 19.7 Å². The first-order valence-corrected chi connectivity index (χ1v) is 7.35. The fraction of sp³-hybridized carbons (Fsp3) is 1.00. The van der Waals surface area contributed by atoms with E-state index in [0.29, 0.717) is 17.3 Å². The monoisotopic (exact) mass is 220 g/mol. The first kappa shape index (κ1) is 8.54. The zero-order chi connectivity index (χ0) is 9.27. The quantitative estimate of drug-likeness (QED) is 0.635. The SMILES string of the molecule is O=S(=O)(Cl)C1CC2CCC1C21CC1. The van der Waals surface area contributed by atoms with E-state index >= 15 is 0 Å². The third-order valence-electron chi connectivity index (χ3n) is 4.53. The third kappa shape index (κ3) is 0.977. The topological polar surface area (TPSA) is 34.1 Å². The Bertz CT molecular complexity index is 345. The molecule has 0 aliphatic heterocycles. The van der Waals surface area contributed by atoms with E-state index in [0.717, 1.165) is 12.8 Å². The van der Waals surface area contributed by atoms with Crippen LogP contribution in [0, 0.1) is 17.3 Å². The van der Waals surface area contributed by atoms with Crippen LogP contribution in [-0.2, 0) is 9.05 Å². The Morgan fingerprint density at radius 1 is 1.23 bits per heavy atom. The lowest BCUT2D eigenvalue weighted by atomic mass is 9.94. The van der Waals surface area contributed by atoms with E-state index in [4.69, 9.17) is 10.7 Å². The number of rotatable bonds is 1. The molecule has 4 heteroatoms. The van der Waals surface area contributed by atoms with E-state index < -0.39 is 9.05 Å². The number of hydrogen-bond acceptors (Lipinski definition) is 2. The molecule has 2 bridgehead atoms. The van der Waals surface area contributed by atoms with Crippen molar-refractivity contribution in [1.29, 1.82) is 0 Å². The molecule has 3 aliphatic carbocycles. The summed E-state index contributed by atoms with van der Waals surface area (Å²) < 4.78 is 22.6. The Morgan fingerprint density at radius 2 is 1.92 bits per heavy atom. The normalized spacial score (nSPS) is 45.8. The smallest absolute Gasteiger partial charge is 0.212 e. The highest BCUT2D eigenvalue weighted by Gasteiger charge is 2.66. The lowest BCUT2D eigenvalue weighted by molar-refractivity contribution is 0.380. The van der Waals surface area contributed by atoms with Gasteiger partial charge in [0.25, 0.3) is 0 Å². The van der Waals surface area contributed by atoms with E-state index in [1.54, 1.807) is 0 Å². The van der Waals surface area contributed by atoms with Gasteiger partial charge in [0.15, 0.2) is 0 Å². The summed E-state index contributed by atoms with van der Waals surface area (Å²) in [7, 11) is 2.17. The van der Waals surface area contributed by atoms with Crippen molar-refractivity contribution in [2.45, 2.75) is 37.4 Å². The Labute approximate surface area is 83.1 Å². The van der Waals surface area contributed by atoms with Crippen LogP contribution in [0.3, 0.4) is 0 Å². The summed E-state index contributed by atoms with van der Waals surface area (Å²) in [6.45, 7) is 0. The second kappa shape index (κ2) is 2.25. The zero-order valence-corrected chi connectivity index (χ0v) is 8.94. The first-order valence-electron chi connectivity index (χ1n) is 4.97. The van der Waals surface area contributed by atoms with Crippen molar-refractivity contribution in [2.24, 2.45) is 17.3 Å². The van der Waals surface area contributed by atoms with Gasteiger partial charge in [-0.05, 0) is 49.4 Å². The molecule has 74 valence electrons. The van der Waals surface area contributed by atoms with Crippen LogP contribution in [0.25, 0.3) is 0 Å². The van der Waals surface area contributed by atoms with E-state index in [1.165, 1.54) is 19.3 Å². The van der Waals surface area contributed by atoms with Crippen LogP contribution in [-0.4, -0.2) is 13.7 Å². The van der Waals surface area contributed by atoms with Crippen LogP contribution >= 0.6 is 10.7 Å². The minimum Gasteiger partial charge on any atom is -0.212 e. The second-order valence-corrected chi connectivity index (χ2v) is 7.71. The van der Waals surface area contributed by atoms with Crippen molar-refractivity contribution in [3.63, 3.8) is 0 Å². The van der Waals surface area contributed by atoms with Gasteiger partial charge in [0, 0.05) is 10.7 Å². The molecule has 13 heavy (non-hydrogen) atoms. The van der Waals surface area contributed by atoms with Crippen LogP contribution in [0.5, 0.6) is 0 Å². The lowest BCUT2D eigenvalue weighted by Gasteiger charge is -2.18. The minimum absolute atomic E-state index is 0.213. The summed E-state index contributed by atoms with van der Waals surface area (Å²) in [5.41, 5.74) is 0.437. The van der Waals surface area contributed by atoms with Crippen molar-refractivity contribution in [3.8, 4) is 0 Å². The molecule has 0 N–H and O–H groups in total. The molecule has 1 spiro atoms. The van der Waals surface area contributed by atoms with E-state index in [-0.39, 0.29) is 5.25 Å². The van der Waals surface area contributed by atoms with Crippen molar-refractivity contribution < 1.29 is 8.42 Å². The molecule has 3 unspecified atom stereocenters. The third-order valence-corrected chi connectivity index (χ3v) is 6.46. The molecule has 0 aromatic rings. The van der Waals surface area contributed by atoms with Gasteiger partial charge in [-0.15, -0.1) is 0 Å². The molecule has 0 radical (unpaired) electrons. The Balaban J connectivity index is 1.98. The molecule has 3 saturated carbocycles. The summed E-state index contributed by atoms with van der Waals surface area (Å²) in [4.78, 5) is 0. The van der Waals surface area contributed by atoms with Gasteiger partial charge in [-0.3, -0.25) is 0 Å². The Hall–Kier alpha value is 0.240. The van der Waals surface area contributed by atoms with E-state index in [1.807, 2.05) is 0 Å². The van der Waals surface area contributed by atoms with Gasteiger partial charge in [-0.2, -0.15) is 0 Å². The predicted octanol–water partition coefficient (Wildman–Crippen LogP) is 2.13. The Morgan fingerprint density at radius 3 is 2.31 bits per heavy atom. The summed E-state index contributed by atoms with van der Waals surface area (Å²) in [5.74, 6) is 1.08. The molecular formula is C9H13ClO2S. The average molecular weight is 221 g/mol. The summed E-state index contributed by atoms with van der Waals surface area (Å²) in [6.07, 6.45) is 5.70. The number of halogens is 1. The van der Waals surface area contributed by atoms with Gasteiger partial charge < -0.3 is 0 Å². The highest BCUT2D eigenvalue weighted by Crippen LogP contribution is 2.72. The second-order valence-electron chi connectivity index (χ2n) is 4.86. The maximum Gasteiger partial charge on any atom is 0.235 e. The van der Waals surface area contributed by atoms with Gasteiger partial charge in [0.2, 0.25) is 9.05 Å². The van der Waals surface area contributed by atoms with E-state index in [2.05, 4.69) is 0 Å². The fourth-order valence-electron chi connectivity index (χ4n) is 3.85. The van der Waals surface area contributed by atoms with Crippen LogP contribution in [0.4, 0.5) is 0 Å². The fourth-order valence-corrected chi connectivity index (χ4v) is 5.70. The van der Waals surface area contributed by atoms with Crippen LogP contribution in [0.15, 0.2) is 0 Å². The van der Waals surface area contributed by atoms with Gasteiger partial charge in [-0.1, -0.05) is 0 Å². The summed E-state index contributed by atoms with van der Waals surface area (Å²) in [6, 6.07) is 0. The molecule has 3 atom stereocenters. The minimum atomic E-state index is -3.29. The largest absolute Gasteiger partial charge is 0.235 e. The van der Waals surface area contributed by atoms with Gasteiger partial charge in [0.1, 0.15) is 0 Å². The van der Waals surface area contributed by atoms with Gasteiger partial charge in [0.05, 0.1) is 5.25 Å². The average Bonchev–Trinajstić information content (AvgIpc) is 2.67. The molecule has 0 aromatic heterocycles. The van der Waals surface area contributed by atoms with Crippen molar-refractivity contribution in [2.75, 3.05) is 0 Å². The zero-order valence-electron chi connectivity index (χ0n) is 7.37. The Kier molecular flexibility index (Phi) is 1.48. The lowest BCUT2D eigenvalue weighted by Crippen LogP contribution is -2.24. The van der Waals surface area contributed by atoms with Crippen LogP contribution in [0.1, 0.15) is 32.1 Å². The standard InChI is InChI=1S/C9H13ClO2S/c10-13(11,12)8-5-6-1-2-7(8)9(6)3-4-9/h6-8H,1-5H2. The molecule has 3 rings (SSSR count). The maximum atomic E-state index is 11.3. The molecule has 0 saturated heterocycles. The maximum absolute atomic E-state index is 11.3. The van der Waals surface area contributed by atoms with Crippen LogP contribution < -0.4 is 0 Å². The summed E-state index contributed by atoms with van der Waals surface area (Å²) >= 11 is 0. The molecule has 0 heterocycles. The molecule has 3 aliphatic rings. The van der Waals surface area contributed by atoms with Crippen molar-refractivity contribution in [1.82, 2.24) is 0 Å². The summed E-state index contributed by atoms with van der Waals surface area (Å²) in [5, 5.41) is -0.213. The molecular weight excluding hydrogens is 208 g/mol. The molecule has 3 fully saturated rings. The van der Waals surface area contributed by atoms with Crippen molar-refractivity contribution in [3.05, 3.63) is 0 Å². The van der Waals surface area contributed by atoms with Gasteiger partial charge >= 0.3 is 0 Å². The first-order chi connectivity index (χ1) is 6.04. The van der Waals surface area contributed by atoms with Crippen LogP contribution in [0.2, 0.25) is 0 Å². The highest BCUT2D eigenvalue weighted by atomic mass is 35.7. The van der Waals surface area contributed by atoms with E-state index in [9.17, 15) is 8.42 Å². The highest BCUT2D eigenvalue weighted by molar-refractivity contribution is 8.14. The molecule has 2 nitrogen and oxygen atoms in total. The predicted molar refractivity (Wildman–Crippen MR) is 51.1 cm³/mol.